The molecule has 0 radical (unpaired) electrons. The smallest absolute Gasteiger partial charge is 0.0313 e. The highest BCUT2D eigenvalue weighted by Crippen LogP contribution is 1.95. The van der Waals surface area contributed by atoms with Crippen molar-refractivity contribution in [2.24, 2.45) is 0 Å². The number of benzene rings is 2. The zero-order valence-corrected chi connectivity index (χ0v) is 9.51. The molecule has 92 valence electrons. The van der Waals surface area contributed by atoms with Crippen molar-refractivity contribution in [1.82, 2.24) is 0 Å². The SMILES string of the molecule is C.CC=N.Nc1ccccc1.c1ccccc1. The molecule has 0 saturated heterocycles. The fourth-order valence-corrected chi connectivity index (χ4v) is 0.838. The summed E-state index contributed by atoms with van der Waals surface area (Å²) in [5.74, 6) is 0. The van der Waals surface area contributed by atoms with Gasteiger partial charge < -0.3 is 11.1 Å². The third-order valence-electron chi connectivity index (χ3n) is 1.47. The molecule has 2 heteroatoms. The summed E-state index contributed by atoms with van der Waals surface area (Å²) >= 11 is 0. The fraction of sp³-hybridized carbons (Fsp3) is 0.133. The van der Waals surface area contributed by atoms with Crippen LogP contribution in [-0.2, 0) is 0 Å². The molecule has 17 heavy (non-hydrogen) atoms. The van der Waals surface area contributed by atoms with Crippen LogP contribution in [0, 0.1) is 5.41 Å². The molecule has 2 aromatic carbocycles. The molecular formula is C15H22N2. The quantitative estimate of drug-likeness (QED) is 0.516. The first-order chi connectivity index (χ1) is 7.81. The lowest BCUT2D eigenvalue weighted by Gasteiger charge is -1.83. The predicted molar refractivity (Wildman–Crippen MR) is 78.5 cm³/mol. The molecule has 2 rings (SSSR count). The van der Waals surface area contributed by atoms with Gasteiger partial charge in [-0.05, 0) is 25.3 Å². The van der Waals surface area contributed by atoms with Gasteiger partial charge in [-0.1, -0.05) is 62.0 Å². The summed E-state index contributed by atoms with van der Waals surface area (Å²) in [6, 6.07) is 21.5. The van der Waals surface area contributed by atoms with Crippen molar-refractivity contribution in [3.05, 3.63) is 66.7 Å². The van der Waals surface area contributed by atoms with Gasteiger partial charge in [0.2, 0.25) is 0 Å². The first-order valence-electron chi connectivity index (χ1n) is 5.07. The van der Waals surface area contributed by atoms with Gasteiger partial charge in [-0.2, -0.15) is 0 Å². The van der Waals surface area contributed by atoms with Crippen LogP contribution in [0.4, 0.5) is 5.69 Å². The summed E-state index contributed by atoms with van der Waals surface area (Å²) < 4.78 is 0. The van der Waals surface area contributed by atoms with Crippen LogP contribution in [0.15, 0.2) is 66.7 Å². The van der Waals surface area contributed by atoms with Crippen molar-refractivity contribution in [3.8, 4) is 0 Å². The van der Waals surface area contributed by atoms with Gasteiger partial charge in [-0.3, -0.25) is 0 Å². The second kappa shape index (κ2) is 13.9. The lowest BCUT2D eigenvalue weighted by Crippen LogP contribution is -1.79. The Kier molecular flexibility index (Phi) is 14.2. The minimum atomic E-state index is 0. The lowest BCUT2D eigenvalue weighted by atomic mass is 10.3. The third kappa shape index (κ3) is 13.9. The van der Waals surface area contributed by atoms with Crippen LogP contribution < -0.4 is 5.73 Å². The molecule has 2 nitrogen and oxygen atoms in total. The average molecular weight is 230 g/mol. The highest BCUT2D eigenvalue weighted by molar-refractivity contribution is 5.48. The van der Waals surface area contributed by atoms with Crippen LogP contribution >= 0.6 is 0 Å². The maximum Gasteiger partial charge on any atom is 0.0313 e. The molecule has 0 fully saturated rings. The Bertz CT molecular complexity index is 317. The molecule has 0 saturated carbocycles. The second-order valence-electron chi connectivity index (χ2n) is 2.85. The molecule has 0 aromatic heterocycles. The standard InChI is InChI=1S/C6H7N.C6H6.C2H5N.CH4/c7-6-4-2-1-3-5-6;1-2-4-6-5-3-1;1-2-3;/h1-5H,7H2;1-6H;2-3H,1H3;1H4. The van der Waals surface area contributed by atoms with E-state index in [1.165, 1.54) is 6.21 Å². The molecular weight excluding hydrogens is 208 g/mol. The van der Waals surface area contributed by atoms with Gasteiger partial charge in [0, 0.05) is 5.69 Å². The van der Waals surface area contributed by atoms with Gasteiger partial charge in [0.15, 0.2) is 0 Å². The third-order valence-corrected chi connectivity index (χ3v) is 1.47. The van der Waals surface area contributed by atoms with Crippen LogP contribution in [0.2, 0.25) is 0 Å². The zero-order valence-electron chi connectivity index (χ0n) is 9.51. The second-order valence-corrected chi connectivity index (χ2v) is 2.85. The summed E-state index contributed by atoms with van der Waals surface area (Å²) in [5, 5.41) is 6.08. The molecule has 0 aliphatic rings. The number of hydrogen-bond donors (Lipinski definition) is 2. The molecule has 0 amide bonds. The van der Waals surface area contributed by atoms with E-state index < -0.39 is 0 Å². The van der Waals surface area contributed by atoms with Crippen LogP contribution in [0.25, 0.3) is 0 Å². The van der Waals surface area contributed by atoms with Crippen molar-refractivity contribution < 1.29 is 0 Å². The summed E-state index contributed by atoms with van der Waals surface area (Å²) in [7, 11) is 0. The number of nitrogen functional groups attached to an aromatic ring is 1. The van der Waals surface area contributed by atoms with Crippen molar-refractivity contribution in [2.45, 2.75) is 14.4 Å². The maximum absolute atomic E-state index is 6.08. The zero-order chi connectivity index (χ0) is 12.1. The van der Waals surface area contributed by atoms with E-state index in [0.717, 1.165) is 5.69 Å². The monoisotopic (exact) mass is 230 g/mol. The number of nitrogens with one attached hydrogen (secondary N) is 1. The van der Waals surface area contributed by atoms with Gasteiger partial charge in [0.1, 0.15) is 0 Å². The van der Waals surface area contributed by atoms with Crippen LogP contribution in [0.1, 0.15) is 14.4 Å². The Hall–Kier alpha value is -2.09. The molecule has 0 atom stereocenters. The van der Waals surface area contributed by atoms with E-state index in [4.69, 9.17) is 11.1 Å². The lowest BCUT2D eigenvalue weighted by molar-refractivity contribution is 1.55. The number of nitrogens with two attached hydrogens (primary N) is 1. The van der Waals surface area contributed by atoms with E-state index in [0.29, 0.717) is 0 Å². The van der Waals surface area contributed by atoms with Crippen molar-refractivity contribution in [2.75, 3.05) is 5.73 Å². The van der Waals surface area contributed by atoms with Crippen LogP contribution in [0.3, 0.4) is 0 Å². The van der Waals surface area contributed by atoms with E-state index in [1.807, 2.05) is 66.7 Å². The summed E-state index contributed by atoms with van der Waals surface area (Å²) in [6.07, 6.45) is 1.25. The van der Waals surface area contributed by atoms with Gasteiger partial charge in [-0.25, -0.2) is 0 Å². The van der Waals surface area contributed by atoms with Crippen molar-refractivity contribution in [1.29, 1.82) is 5.41 Å². The highest BCUT2D eigenvalue weighted by Gasteiger charge is 1.72. The minimum absolute atomic E-state index is 0. The predicted octanol–water partition coefficient (Wildman–Crippen LogP) is 4.25. The van der Waals surface area contributed by atoms with Crippen LogP contribution in [-0.4, -0.2) is 6.21 Å². The Balaban J connectivity index is 0. The molecule has 0 heterocycles. The minimum Gasteiger partial charge on any atom is -0.399 e. The molecule has 0 spiro atoms. The van der Waals surface area contributed by atoms with E-state index in [2.05, 4.69) is 0 Å². The van der Waals surface area contributed by atoms with Gasteiger partial charge >= 0.3 is 0 Å². The van der Waals surface area contributed by atoms with E-state index in [9.17, 15) is 0 Å². The highest BCUT2D eigenvalue weighted by atomic mass is 14.5. The Morgan fingerprint density at radius 1 is 0.824 bits per heavy atom. The Morgan fingerprint density at radius 2 is 1.06 bits per heavy atom. The summed E-state index contributed by atoms with van der Waals surface area (Å²) in [5.41, 5.74) is 6.18. The normalized spacial score (nSPS) is 7.12. The number of hydrogen-bond acceptors (Lipinski definition) is 2. The molecule has 0 aliphatic heterocycles. The van der Waals surface area contributed by atoms with E-state index >= 15 is 0 Å². The number of anilines is 1. The van der Waals surface area contributed by atoms with Gasteiger partial charge in [0.25, 0.3) is 0 Å². The number of para-hydroxylation sites is 1. The Labute approximate surface area is 105 Å². The summed E-state index contributed by atoms with van der Waals surface area (Å²) in [6.45, 7) is 1.67. The Morgan fingerprint density at radius 3 is 1.24 bits per heavy atom. The average Bonchev–Trinajstić information content (AvgIpc) is 2.34. The largest absolute Gasteiger partial charge is 0.399 e. The molecule has 2 aromatic rings. The van der Waals surface area contributed by atoms with Crippen molar-refractivity contribution in [3.63, 3.8) is 0 Å². The molecule has 3 N–H and O–H groups in total. The van der Waals surface area contributed by atoms with E-state index in [-0.39, 0.29) is 7.43 Å². The van der Waals surface area contributed by atoms with Crippen LogP contribution in [0.5, 0.6) is 0 Å². The maximum atomic E-state index is 6.08. The van der Waals surface area contributed by atoms with Crippen molar-refractivity contribution >= 4 is 11.9 Å². The van der Waals surface area contributed by atoms with Gasteiger partial charge in [-0.15, -0.1) is 0 Å². The molecule has 0 aliphatic carbocycles. The fourth-order valence-electron chi connectivity index (χ4n) is 0.838. The van der Waals surface area contributed by atoms with Gasteiger partial charge in [0.05, 0.1) is 0 Å². The molecule has 0 bridgehead atoms. The first-order valence-corrected chi connectivity index (χ1v) is 5.07. The first kappa shape index (κ1) is 17.3. The number of rotatable bonds is 0. The summed E-state index contributed by atoms with van der Waals surface area (Å²) in [4.78, 5) is 0. The topological polar surface area (TPSA) is 49.9 Å². The molecule has 0 unspecified atom stereocenters. The van der Waals surface area contributed by atoms with E-state index in [1.54, 1.807) is 6.92 Å².